The Hall–Kier alpha value is -1.80. The maximum absolute atomic E-state index is 12.0. The molecule has 1 atom stereocenters. The average Bonchev–Trinajstić information content (AvgIpc) is 2.39. The van der Waals surface area contributed by atoms with Crippen LogP contribution in [0.2, 0.25) is 0 Å². The molecule has 0 aromatic heterocycles. The summed E-state index contributed by atoms with van der Waals surface area (Å²) in [5.41, 5.74) is 6.28. The van der Waals surface area contributed by atoms with Crippen LogP contribution < -0.4 is 15.8 Å². The van der Waals surface area contributed by atoms with Gasteiger partial charge in [0.1, 0.15) is 10.9 Å². The largest absolute Gasteiger partial charge is 0.399 e. The molecular weight excluding hydrogens is 280 g/mol. The molecule has 0 bridgehead atoms. The highest BCUT2D eigenvalue weighted by molar-refractivity contribution is 7.89. The van der Waals surface area contributed by atoms with Crippen LogP contribution in [0.5, 0.6) is 0 Å². The third-order valence-electron chi connectivity index (χ3n) is 2.75. The van der Waals surface area contributed by atoms with E-state index in [0.29, 0.717) is 11.4 Å². The van der Waals surface area contributed by atoms with Crippen LogP contribution in [0.15, 0.2) is 23.1 Å². The van der Waals surface area contributed by atoms with E-state index in [2.05, 4.69) is 10.0 Å². The molecule has 0 aliphatic heterocycles. The summed E-state index contributed by atoms with van der Waals surface area (Å²) in [4.78, 5) is 13.3. The third-order valence-corrected chi connectivity index (χ3v) is 4.20. The summed E-state index contributed by atoms with van der Waals surface area (Å²) in [5, 5.41) is 2.89. The minimum atomic E-state index is -3.66. The molecule has 7 nitrogen and oxygen atoms in total. The number of sulfonamides is 1. The van der Waals surface area contributed by atoms with Crippen molar-refractivity contribution < 1.29 is 13.2 Å². The lowest BCUT2D eigenvalue weighted by Gasteiger charge is -2.20. The minimum absolute atomic E-state index is 0.0124. The predicted octanol–water partition coefficient (Wildman–Crippen LogP) is 0.0655. The monoisotopic (exact) mass is 300 g/mol. The number of nitrogens with one attached hydrogen (secondary N) is 2. The predicted molar refractivity (Wildman–Crippen MR) is 78.9 cm³/mol. The maximum atomic E-state index is 12.0. The number of benzene rings is 1. The fourth-order valence-corrected chi connectivity index (χ4v) is 2.60. The SMILES string of the molecule is CNS(=O)(=O)c1cc(N)ccc1NC(C)C(=O)N(C)C. The zero-order chi connectivity index (χ0) is 15.5. The van der Waals surface area contributed by atoms with Crippen molar-refractivity contribution in [3.8, 4) is 0 Å². The van der Waals surface area contributed by atoms with Gasteiger partial charge in [0.2, 0.25) is 15.9 Å². The molecule has 112 valence electrons. The summed E-state index contributed by atoms with van der Waals surface area (Å²) in [6.07, 6.45) is 0. The number of hydrogen-bond donors (Lipinski definition) is 3. The van der Waals surface area contributed by atoms with E-state index in [9.17, 15) is 13.2 Å². The molecule has 0 saturated heterocycles. The van der Waals surface area contributed by atoms with Gasteiger partial charge in [-0.05, 0) is 32.2 Å². The van der Waals surface area contributed by atoms with Gasteiger partial charge >= 0.3 is 0 Å². The highest BCUT2D eigenvalue weighted by Crippen LogP contribution is 2.24. The van der Waals surface area contributed by atoms with Crippen LogP contribution >= 0.6 is 0 Å². The second kappa shape index (κ2) is 6.10. The van der Waals surface area contributed by atoms with Gasteiger partial charge in [-0.15, -0.1) is 0 Å². The lowest BCUT2D eigenvalue weighted by Crippen LogP contribution is -2.37. The molecule has 0 spiro atoms. The highest BCUT2D eigenvalue weighted by Gasteiger charge is 2.21. The van der Waals surface area contributed by atoms with Crippen molar-refractivity contribution in [3.05, 3.63) is 18.2 Å². The normalized spacial score (nSPS) is 12.8. The molecule has 1 rings (SSSR count). The molecule has 0 aliphatic rings. The van der Waals surface area contributed by atoms with E-state index < -0.39 is 16.1 Å². The van der Waals surface area contributed by atoms with Crippen LogP contribution in [-0.2, 0) is 14.8 Å². The Morgan fingerprint density at radius 2 is 1.95 bits per heavy atom. The molecule has 0 saturated carbocycles. The molecule has 8 heteroatoms. The minimum Gasteiger partial charge on any atom is -0.399 e. The smallest absolute Gasteiger partial charge is 0.244 e. The second-order valence-corrected chi connectivity index (χ2v) is 6.42. The van der Waals surface area contributed by atoms with Crippen LogP contribution in [0, 0.1) is 0 Å². The fraction of sp³-hybridized carbons (Fsp3) is 0.417. The standard InChI is InChI=1S/C12H20N4O3S/c1-8(12(17)16(3)4)15-10-6-5-9(13)7-11(10)20(18,19)14-2/h5-8,14-15H,13H2,1-4H3. The summed E-state index contributed by atoms with van der Waals surface area (Å²) < 4.78 is 26.1. The average molecular weight is 300 g/mol. The number of nitrogens with zero attached hydrogens (tertiary/aromatic N) is 1. The van der Waals surface area contributed by atoms with E-state index in [1.807, 2.05) is 0 Å². The quantitative estimate of drug-likeness (QED) is 0.667. The molecule has 1 aromatic carbocycles. The van der Waals surface area contributed by atoms with E-state index in [-0.39, 0.29) is 10.8 Å². The fourth-order valence-electron chi connectivity index (χ4n) is 1.67. The maximum Gasteiger partial charge on any atom is 0.244 e. The van der Waals surface area contributed by atoms with Gasteiger partial charge in [-0.1, -0.05) is 0 Å². The van der Waals surface area contributed by atoms with Crippen LogP contribution in [-0.4, -0.2) is 46.4 Å². The Kier molecular flexibility index (Phi) is 4.96. The summed E-state index contributed by atoms with van der Waals surface area (Å²) >= 11 is 0. The molecule has 1 unspecified atom stereocenters. The number of hydrogen-bond acceptors (Lipinski definition) is 5. The second-order valence-electron chi connectivity index (χ2n) is 4.56. The number of carbonyl (C=O) groups is 1. The first kappa shape index (κ1) is 16.3. The lowest BCUT2D eigenvalue weighted by atomic mass is 10.2. The van der Waals surface area contributed by atoms with E-state index in [0.717, 1.165) is 0 Å². The first-order chi connectivity index (χ1) is 9.19. The van der Waals surface area contributed by atoms with Gasteiger partial charge in [0.05, 0.1) is 5.69 Å². The number of carbonyl (C=O) groups excluding carboxylic acids is 1. The molecule has 0 heterocycles. The van der Waals surface area contributed by atoms with E-state index in [1.165, 1.54) is 18.0 Å². The summed E-state index contributed by atoms with van der Waals surface area (Å²) in [5.74, 6) is -0.158. The number of nitrogens with two attached hydrogens (primary N) is 1. The van der Waals surface area contributed by atoms with Crippen molar-refractivity contribution >= 4 is 27.3 Å². The Bertz CT molecular complexity index is 599. The molecule has 0 fully saturated rings. The number of rotatable bonds is 5. The summed E-state index contributed by atoms with van der Waals surface area (Å²) in [6, 6.07) is 3.91. The van der Waals surface area contributed by atoms with Crippen molar-refractivity contribution in [2.24, 2.45) is 0 Å². The molecular formula is C12H20N4O3S. The van der Waals surface area contributed by atoms with Crippen LogP contribution in [0.3, 0.4) is 0 Å². The van der Waals surface area contributed by atoms with Crippen molar-refractivity contribution in [2.75, 3.05) is 32.2 Å². The van der Waals surface area contributed by atoms with Crippen molar-refractivity contribution in [1.29, 1.82) is 0 Å². The number of anilines is 2. The van der Waals surface area contributed by atoms with Gasteiger partial charge < -0.3 is 16.0 Å². The van der Waals surface area contributed by atoms with Gasteiger partial charge in [-0.25, -0.2) is 13.1 Å². The van der Waals surface area contributed by atoms with Crippen LogP contribution in [0.25, 0.3) is 0 Å². The first-order valence-corrected chi connectivity index (χ1v) is 7.48. The summed E-state index contributed by atoms with van der Waals surface area (Å²) in [6.45, 7) is 1.66. The van der Waals surface area contributed by atoms with Gasteiger partial charge in [-0.3, -0.25) is 4.79 Å². The Morgan fingerprint density at radius 1 is 1.35 bits per heavy atom. The number of likely N-dealkylation sites (N-methyl/N-ethyl adjacent to an activating group) is 1. The number of nitrogen functional groups attached to an aromatic ring is 1. The molecule has 20 heavy (non-hydrogen) atoms. The summed E-state index contributed by atoms with van der Waals surface area (Å²) in [7, 11) is 0.923. The molecule has 1 amide bonds. The van der Waals surface area contributed by atoms with E-state index in [4.69, 9.17) is 5.73 Å². The Balaban J connectivity index is 3.17. The van der Waals surface area contributed by atoms with Crippen molar-refractivity contribution in [1.82, 2.24) is 9.62 Å². The topological polar surface area (TPSA) is 105 Å². The van der Waals surface area contributed by atoms with E-state index in [1.54, 1.807) is 33.2 Å². The first-order valence-electron chi connectivity index (χ1n) is 6.00. The lowest BCUT2D eigenvalue weighted by molar-refractivity contribution is -0.129. The Labute approximate surface area is 119 Å². The molecule has 4 N–H and O–H groups in total. The van der Waals surface area contributed by atoms with Crippen molar-refractivity contribution in [2.45, 2.75) is 17.9 Å². The van der Waals surface area contributed by atoms with Gasteiger partial charge in [0.15, 0.2) is 0 Å². The van der Waals surface area contributed by atoms with Crippen LogP contribution in [0.1, 0.15) is 6.92 Å². The molecule has 0 aliphatic carbocycles. The zero-order valence-corrected chi connectivity index (χ0v) is 12.8. The molecule has 1 aromatic rings. The van der Waals surface area contributed by atoms with Crippen molar-refractivity contribution in [3.63, 3.8) is 0 Å². The third kappa shape index (κ3) is 3.61. The van der Waals surface area contributed by atoms with Gasteiger partial charge in [0, 0.05) is 19.8 Å². The Morgan fingerprint density at radius 3 is 2.45 bits per heavy atom. The van der Waals surface area contributed by atoms with Crippen LogP contribution in [0.4, 0.5) is 11.4 Å². The zero-order valence-electron chi connectivity index (χ0n) is 12.0. The van der Waals surface area contributed by atoms with Gasteiger partial charge in [0.25, 0.3) is 0 Å². The number of amides is 1. The van der Waals surface area contributed by atoms with Gasteiger partial charge in [-0.2, -0.15) is 0 Å². The molecule has 0 radical (unpaired) electrons. The van der Waals surface area contributed by atoms with E-state index >= 15 is 0 Å². The highest BCUT2D eigenvalue weighted by atomic mass is 32.2.